The van der Waals surface area contributed by atoms with Crippen molar-refractivity contribution in [2.45, 2.75) is 39.3 Å². The van der Waals surface area contributed by atoms with Crippen molar-refractivity contribution in [3.63, 3.8) is 0 Å². The van der Waals surface area contributed by atoms with Crippen LogP contribution in [0.15, 0.2) is 0 Å². The maximum Gasteiger partial charge on any atom is 0.328 e. The smallest absolute Gasteiger partial charge is 0.328 e. The average molecular weight is 253 g/mol. The van der Waals surface area contributed by atoms with E-state index in [9.17, 15) is 9.59 Å². The van der Waals surface area contributed by atoms with Crippen molar-refractivity contribution in [2.75, 3.05) is 7.11 Å². The van der Waals surface area contributed by atoms with Gasteiger partial charge < -0.3 is 15.8 Å². The monoisotopic (exact) mass is 252 g/mol. The lowest BCUT2D eigenvalue weighted by Gasteiger charge is -2.17. The van der Waals surface area contributed by atoms with Gasteiger partial charge in [0.15, 0.2) is 0 Å². The van der Waals surface area contributed by atoms with Gasteiger partial charge in [-0.15, -0.1) is 12.4 Å². The summed E-state index contributed by atoms with van der Waals surface area (Å²) >= 11 is 0. The Morgan fingerprint density at radius 3 is 2.19 bits per heavy atom. The number of halogens is 1. The summed E-state index contributed by atoms with van der Waals surface area (Å²) in [7, 11) is 1.28. The number of carbonyl (C=O) groups excluding carboxylic acids is 2. The van der Waals surface area contributed by atoms with Crippen molar-refractivity contribution in [3.05, 3.63) is 0 Å². The highest BCUT2D eigenvalue weighted by Crippen LogP contribution is 2.02. The molecule has 0 saturated carbocycles. The van der Waals surface area contributed by atoms with Crippen LogP contribution < -0.4 is 11.1 Å². The van der Waals surface area contributed by atoms with Crippen molar-refractivity contribution in [1.82, 2.24) is 5.32 Å². The predicted molar refractivity (Wildman–Crippen MR) is 64.3 cm³/mol. The maximum absolute atomic E-state index is 11.5. The van der Waals surface area contributed by atoms with Gasteiger partial charge in [0.05, 0.1) is 13.2 Å². The molecule has 16 heavy (non-hydrogen) atoms. The van der Waals surface area contributed by atoms with Gasteiger partial charge in [0, 0.05) is 0 Å². The lowest BCUT2D eigenvalue weighted by atomic mass is 10.0. The fourth-order valence-electron chi connectivity index (χ4n) is 1.17. The second-order valence-electron chi connectivity index (χ2n) is 3.99. The standard InChI is InChI=1S/C10H20N2O3.ClH/c1-6(2)5-8(11)9(13)12-7(3)10(14)15-4;/h6-8H,5,11H2,1-4H3,(H,12,13);1H/t7-,8+;/m1./s1. The summed E-state index contributed by atoms with van der Waals surface area (Å²) in [5.74, 6) is -0.444. The molecule has 2 atom stereocenters. The number of ether oxygens (including phenoxy) is 1. The Morgan fingerprint density at radius 1 is 1.31 bits per heavy atom. The molecule has 3 N–H and O–H groups in total. The highest BCUT2D eigenvalue weighted by Gasteiger charge is 2.20. The van der Waals surface area contributed by atoms with E-state index in [4.69, 9.17) is 5.73 Å². The molecule has 5 nitrogen and oxygen atoms in total. The minimum absolute atomic E-state index is 0. The van der Waals surface area contributed by atoms with Crippen LogP contribution in [0.25, 0.3) is 0 Å². The number of hydrogen-bond acceptors (Lipinski definition) is 4. The van der Waals surface area contributed by atoms with Crippen LogP contribution in [0.2, 0.25) is 0 Å². The number of methoxy groups -OCH3 is 1. The van der Waals surface area contributed by atoms with Crippen molar-refractivity contribution < 1.29 is 14.3 Å². The van der Waals surface area contributed by atoms with Gasteiger partial charge in [-0.05, 0) is 19.3 Å². The van der Waals surface area contributed by atoms with Crippen LogP contribution in [0.3, 0.4) is 0 Å². The predicted octanol–water partition coefficient (Wildman–Crippen LogP) is 0.459. The van der Waals surface area contributed by atoms with E-state index in [0.717, 1.165) is 0 Å². The molecule has 0 unspecified atom stereocenters. The second kappa shape index (κ2) is 8.35. The van der Waals surface area contributed by atoms with Gasteiger partial charge in [0.25, 0.3) is 0 Å². The molecule has 0 aliphatic carbocycles. The molecule has 0 aliphatic heterocycles. The molecule has 0 radical (unpaired) electrons. The van der Waals surface area contributed by atoms with Gasteiger partial charge >= 0.3 is 5.97 Å². The first-order valence-electron chi connectivity index (χ1n) is 5.02. The zero-order valence-electron chi connectivity index (χ0n) is 10.1. The Bertz CT molecular complexity index is 234. The van der Waals surface area contributed by atoms with E-state index in [0.29, 0.717) is 12.3 Å². The molecule has 0 rings (SSSR count). The van der Waals surface area contributed by atoms with E-state index in [1.165, 1.54) is 7.11 Å². The number of nitrogens with two attached hydrogens (primary N) is 1. The topological polar surface area (TPSA) is 81.4 Å². The van der Waals surface area contributed by atoms with Crippen LogP contribution in [-0.2, 0) is 14.3 Å². The fourth-order valence-corrected chi connectivity index (χ4v) is 1.17. The summed E-state index contributed by atoms with van der Waals surface area (Å²) in [6.45, 7) is 5.53. The number of hydrogen-bond donors (Lipinski definition) is 2. The molecule has 0 bridgehead atoms. The lowest BCUT2D eigenvalue weighted by molar-refractivity contribution is -0.144. The zero-order chi connectivity index (χ0) is 12.0. The van der Waals surface area contributed by atoms with Crippen LogP contribution in [0.4, 0.5) is 0 Å². The number of amides is 1. The molecule has 0 aromatic rings. The Kier molecular flexibility index (Phi) is 9.18. The summed E-state index contributed by atoms with van der Waals surface area (Å²) in [6, 6.07) is -1.22. The SMILES string of the molecule is COC(=O)[C@@H](C)NC(=O)[C@@H](N)CC(C)C.Cl. The van der Waals surface area contributed by atoms with Crippen molar-refractivity contribution in [3.8, 4) is 0 Å². The van der Waals surface area contributed by atoms with E-state index < -0.39 is 18.1 Å². The van der Waals surface area contributed by atoms with Gasteiger partial charge in [0.1, 0.15) is 6.04 Å². The molecule has 0 spiro atoms. The van der Waals surface area contributed by atoms with E-state index in [-0.39, 0.29) is 18.3 Å². The first-order chi connectivity index (χ1) is 6.88. The third-order valence-electron chi connectivity index (χ3n) is 1.98. The minimum Gasteiger partial charge on any atom is -0.467 e. The fraction of sp³-hybridized carbons (Fsp3) is 0.800. The molecule has 0 saturated heterocycles. The van der Waals surface area contributed by atoms with Gasteiger partial charge in [0.2, 0.25) is 5.91 Å². The van der Waals surface area contributed by atoms with Crippen LogP contribution in [-0.4, -0.2) is 31.1 Å². The Labute approximate surface area is 103 Å². The number of carbonyl (C=O) groups is 2. The molecule has 0 fully saturated rings. The lowest BCUT2D eigenvalue weighted by Crippen LogP contribution is -2.47. The van der Waals surface area contributed by atoms with Gasteiger partial charge in [-0.3, -0.25) is 4.79 Å². The largest absolute Gasteiger partial charge is 0.467 e. The summed E-state index contributed by atoms with van der Waals surface area (Å²) in [4.78, 5) is 22.5. The Balaban J connectivity index is 0. The van der Waals surface area contributed by atoms with Gasteiger partial charge in [-0.2, -0.15) is 0 Å². The van der Waals surface area contributed by atoms with E-state index in [1.807, 2.05) is 13.8 Å². The maximum atomic E-state index is 11.5. The average Bonchev–Trinajstić information content (AvgIpc) is 2.15. The molecule has 0 aromatic carbocycles. The van der Waals surface area contributed by atoms with Crippen LogP contribution >= 0.6 is 12.4 Å². The summed E-state index contributed by atoms with van der Waals surface area (Å²) in [5.41, 5.74) is 5.64. The number of nitrogens with one attached hydrogen (secondary N) is 1. The van der Waals surface area contributed by atoms with Crippen molar-refractivity contribution >= 4 is 24.3 Å². The third kappa shape index (κ3) is 6.63. The molecule has 6 heteroatoms. The van der Waals surface area contributed by atoms with E-state index in [1.54, 1.807) is 6.92 Å². The van der Waals surface area contributed by atoms with Crippen LogP contribution in [0, 0.1) is 5.92 Å². The molecule has 96 valence electrons. The Hall–Kier alpha value is -0.810. The van der Waals surface area contributed by atoms with Gasteiger partial charge in [-0.25, -0.2) is 4.79 Å². The van der Waals surface area contributed by atoms with E-state index >= 15 is 0 Å². The molecule has 0 heterocycles. The first kappa shape index (κ1) is 17.6. The number of rotatable bonds is 5. The van der Waals surface area contributed by atoms with E-state index in [2.05, 4.69) is 10.1 Å². The van der Waals surface area contributed by atoms with Gasteiger partial charge in [-0.1, -0.05) is 13.8 Å². The summed E-state index contributed by atoms with van der Waals surface area (Å²) in [6.07, 6.45) is 0.597. The van der Waals surface area contributed by atoms with Crippen LogP contribution in [0.1, 0.15) is 27.2 Å². The zero-order valence-corrected chi connectivity index (χ0v) is 11.0. The second-order valence-corrected chi connectivity index (χ2v) is 3.99. The quantitative estimate of drug-likeness (QED) is 0.697. The minimum atomic E-state index is -0.652. The normalized spacial score (nSPS) is 13.6. The number of esters is 1. The highest BCUT2D eigenvalue weighted by molar-refractivity contribution is 5.87. The van der Waals surface area contributed by atoms with Crippen molar-refractivity contribution in [2.24, 2.45) is 11.7 Å². The van der Waals surface area contributed by atoms with Crippen LogP contribution in [0.5, 0.6) is 0 Å². The molecule has 0 aliphatic rings. The summed E-state index contributed by atoms with van der Waals surface area (Å²) < 4.78 is 4.48. The Morgan fingerprint density at radius 2 is 1.81 bits per heavy atom. The molecule has 1 amide bonds. The third-order valence-corrected chi connectivity index (χ3v) is 1.98. The first-order valence-corrected chi connectivity index (χ1v) is 5.02. The molecule has 0 aromatic heterocycles. The highest BCUT2D eigenvalue weighted by atomic mass is 35.5. The van der Waals surface area contributed by atoms with Crippen molar-refractivity contribution in [1.29, 1.82) is 0 Å². The molecular formula is C10H21ClN2O3. The molecular weight excluding hydrogens is 232 g/mol. The summed E-state index contributed by atoms with van der Waals surface area (Å²) in [5, 5.41) is 2.50.